The number of amides is 1. The molecule has 2 N–H and O–H groups in total. The van der Waals surface area contributed by atoms with Crippen molar-refractivity contribution in [2.75, 3.05) is 19.5 Å². The molecule has 0 aliphatic rings. The first kappa shape index (κ1) is 25.8. The van der Waals surface area contributed by atoms with Gasteiger partial charge in [0.25, 0.3) is 5.91 Å². The second-order valence-electron chi connectivity index (χ2n) is 9.73. The largest absolute Gasteiger partial charge is 0.495 e. The van der Waals surface area contributed by atoms with Crippen molar-refractivity contribution in [1.82, 2.24) is 19.9 Å². The molecule has 8 nitrogen and oxygen atoms in total. The number of nitrogens with zero attached hydrogens (tertiary/aromatic N) is 3. The van der Waals surface area contributed by atoms with E-state index in [0.29, 0.717) is 17.4 Å². The zero-order valence-corrected chi connectivity index (χ0v) is 22.6. The Kier molecular flexibility index (Phi) is 6.94. The second-order valence-corrected chi connectivity index (χ2v) is 9.73. The Morgan fingerprint density at radius 3 is 2.44 bits per heavy atom. The van der Waals surface area contributed by atoms with Crippen LogP contribution in [-0.4, -0.2) is 34.6 Å². The Balaban J connectivity index is 1.44. The Morgan fingerprint density at radius 1 is 0.923 bits per heavy atom. The summed E-state index contributed by atoms with van der Waals surface area (Å²) < 4.78 is 13.7. The number of aryl methyl sites for hydroxylation is 1. The zero-order chi connectivity index (χ0) is 27.6. The fraction of sp³-hybridized carbons (Fsp3) is 0.194. The van der Waals surface area contributed by atoms with Crippen LogP contribution in [0.1, 0.15) is 35.5 Å². The van der Waals surface area contributed by atoms with Crippen LogP contribution >= 0.6 is 0 Å². The lowest BCUT2D eigenvalue weighted by atomic mass is 9.78. The van der Waals surface area contributed by atoms with Gasteiger partial charge in [-0.15, -0.1) is 0 Å². The number of rotatable bonds is 8. The minimum atomic E-state index is -0.275. The molecule has 0 bridgehead atoms. The van der Waals surface area contributed by atoms with Crippen LogP contribution in [0.2, 0.25) is 0 Å². The number of hydrogen-bond donors (Lipinski definition) is 2. The highest BCUT2D eigenvalue weighted by atomic mass is 16.5. The minimum Gasteiger partial charge on any atom is -0.495 e. The number of anilines is 2. The van der Waals surface area contributed by atoms with Gasteiger partial charge in [-0.1, -0.05) is 50.2 Å². The summed E-state index contributed by atoms with van der Waals surface area (Å²) in [6, 6.07) is 25.7. The number of carbonyl (C=O) groups excluding carboxylic acids is 1. The number of carbonyl (C=O) groups is 1. The fourth-order valence-corrected chi connectivity index (χ4v) is 4.55. The molecule has 5 aromatic rings. The molecular weight excluding hydrogens is 490 g/mol. The van der Waals surface area contributed by atoms with E-state index in [1.807, 2.05) is 41.9 Å². The molecule has 2 aromatic heterocycles. The van der Waals surface area contributed by atoms with Crippen LogP contribution in [0.4, 0.5) is 11.6 Å². The summed E-state index contributed by atoms with van der Waals surface area (Å²) in [5.74, 6) is 2.23. The molecule has 1 amide bonds. The SMILES string of the molecule is CNC(=O)c1cc(Oc2ccc3c(c2)nc(Nc2cc(C(C)(C)c4ccccc4)ccc2OC)n3C)ccn1. The molecule has 0 saturated carbocycles. The van der Waals surface area contributed by atoms with Gasteiger partial charge in [0.2, 0.25) is 5.95 Å². The smallest absolute Gasteiger partial charge is 0.269 e. The lowest BCUT2D eigenvalue weighted by molar-refractivity contribution is 0.0958. The van der Waals surface area contributed by atoms with Crippen molar-refractivity contribution < 1.29 is 14.3 Å². The van der Waals surface area contributed by atoms with Crippen molar-refractivity contribution in [3.05, 3.63) is 102 Å². The van der Waals surface area contributed by atoms with Crippen LogP contribution in [-0.2, 0) is 12.5 Å². The number of hydrogen-bond acceptors (Lipinski definition) is 6. The summed E-state index contributed by atoms with van der Waals surface area (Å²) in [7, 11) is 5.19. The Labute approximate surface area is 227 Å². The summed E-state index contributed by atoms with van der Waals surface area (Å²) >= 11 is 0. The average molecular weight is 522 g/mol. The van der Waals surface area contributed by atoms with Gasteiger partial charge in [0.05, 0.1) is 23.8 Å². The molecule has 0 spiro atoms. The maximum Gasteiger partial charge on any atom is 0.269 e. The maximum atomic E-state index is 11.9. The van der Waals surface area contributed by atoms with E-state index in [2.05, 4.69) is 65.9 Å². The Bertz CT molecular complexity index is 1640. The molecule has 0 fully saturated rings. The molecule has 0 atom stereocenters. The van der Waals surface area contributed by atoms with Crippen molar-refractivity contribution in [2.24, 2.45) is 7.05 Å². The van der Waals surface area contributed by atoms with E-state index < -0.39 is 0 Å². The van der Waals surface area contributed by atoms with E-state index in [0.717, 1.165) is 28.0 Å². The van der Waals surface area contributed by atoms with Gasteiger partial charge < -0.3 is 24.7 Å². The third kappa shape index (κ3) is 5.13. The van der Waals surface area contributed by atoms with Crippen molar-refractivity contribution in [3.63, 3.8) is 0 Å². The van der Waals surface area contributed by atoms with Crippen molar-refractivity contribution in [3.8, 4) is 17.2 Å². The van der Waals surface area contributed by atoms with Crippen LogP contribution in [0, 0.1) is 0 Å². The summed E-state index contributed by atoms with van der Waals surface area (Å²) in [4.78, 5) is 20.8. The van der Waals surface area contributed by atoms with Gasteiger partial charge in [0.1, 0.15) is 22.9 Å². The summed E-state index contributed by atoms with van der Waals surface area (Å²) in [6.07, 6.45) is 1.54. The van der Waals surface area contributed by atoms with Crippen LogP contribution in [0.15, 0.2) is 85.1 Å². The van der Waals surface area contributed by atoms with Gasteiger partial charge in [-0.2, -0.15) is 0 Å². The lowest BCUT2D eigenvalue weighted by Gasteiger charge is -2.27. The number of benzene rings is 3. The third-order valence-electron chi connectivity index (χ3n) is 6.94. The summed E-state index contributed by atoms with van der Waals surface area (Å²) in [5.41, 5.74) is 4.99. The van der Waals surface area contributed by atoms with Gasteiger partial charge in [-0.05, 0) is 41.5 Å². The summed E-state index contributed by atoms with van der Waals surface area (Å²) in [6.45, 7) is 4.43. The third-order valence-corrected chi connectivity index (χ3v) is 6.94. The highest BCUT2D eigenvalue weighted by Gasteiger charge is 2.24. The van der Waals surface area contributed by atoms with Crippen LogP contribution in [0.5, 0.6) is 17.2 Å². The molecule has 0 unspecified atom stereocenters. The first-order valence-electron chi connectivity index (χ1n) is 12.6. The summed E-state index contributed by atoms with van der Waals surface area (Å²) in [5, 5.41) is 6.04. The average Bonchev–Trinajstić information content (AvgIpc) is 3.27. The van der Waals surface area contributed by atoms with Crippen molar-refractivity contribution in [1.29, 1.82) is 0 Å². The topological polar surface area (TPSA) is 90.3 Å². The van der Waals surface area contributed by atoms with E-state index in [-0.39, 0.29) is 17.0 Å². The van der Waals surface area contributed by atoms with Crippen LogP contribution in [0.25, 0.3) is 11.0 Å². The molecule has 0 radical (unpaired) electrons. The predicted molar refractivity (Wildman–Crippen MR) is 153 cm³/mol. The van der Waals surface area contributed by atoms with Crippen molar-refractivity contribution >= 4 is 28.6 Å². The number of methoxy groups -OCH3 is 1. The van der Waals surface area contributed by atoms with E-state index in [9.17, 15) is 4.79 Å². The second kappa shape index (κ2) is 10.5. The highest BCUT2D eigenvalue weighted by Crippen LogP contribution is 2.37. The van der Waals surface area contributed by atoms with E-state index in [4.69, 9.17) is 14.5 Å². The number of pyridine rings is 1. The van der Waals surface area contributed by atoms with E-state index in [1.54, 1.807) is 32.5 Å². The van der Waals surface area contributed by atoms with Gasteiger partial charge in [-0.25, -0.2) is 4.98 Å². The first-order valence-corrected chi connectivity index (χ1v) is 12.6. The normalized spacial score (nSPS) is 11.3. The quantitative estimate of drug-likeness (QED) is 0.253. The molecular formula is C31H31N5O3. The number of nitrogens with one attached hydrogen (secondary N) is 2. The molecule has 39 heavy (non-hydrogen) atoms. The van der Waals surface area contributed by atoms with E-state index in [1.165, 1.54) is 5.56 Å². The lowest BCUT2D eigenvalue weighted by Crippen LogP contribution is -2.19. The van der Waals surface area contributed by atoms with E-state index >= 15 is 0 Å². The number of fused-ring (bicyclic) bond motifs is 1. The van der Waals surface area contributed by atoms with Gasteiger partial charge in [0.15, 0.2) is 0 Å². The van der Waals surface area contributed by atoms with Gasteiger partial charge in [0, 0.05) is 37.8 Å². The molecule has 0 aliphatic carbocycles. The highest BCUT2D eigenvalue weighted by molar-refractivity contribution is 5.92. The molecule has 2 heterocycles. The molecule has 198 valence electrons. The zero-order valence-electron chi connectivity index (χ0n) is 22.6. The van der Waals surface area contributed by atoms with Crippen LogP contribution in [0.3, 0.4) is 0 Å². The van der Waals surface area contributed by atoms with Crippen molar-refractivity contribution in [2.45, 2.75) is 19.3 Å². The van der Waals surface area contributed by atoms with Gasteiger partial charge >= 0.3 is 0 Å². The molecule has 5 rings (SSSR count). The number of imidazole rings is 1. The number of ether oxygens (including phenoxy) is 2. The van der Waals surface area contributed by atoms with Crippen LogP contribution < -0.4 is 20.1 Å². The Morgan fingerprint density at radius 2 is 1.69 bits per heavy atom. The molecule has 0 aliphatic heterocycles. The standard InChI is InChI=1S/C31H31N5O3/c1-31(2,20-9-7-6-8-10-20)21-11-14-28(38-5)25(17-21)35-30-34-24-18-22(12-13-27(24)36(30)4)39-23-15-16-33-26(19-23)29(37)32-3/h6-19H,1-5H3,(H,32,37)(H,34,35). The molecule has 0 saturated heterocycles. The minimum absolute atomic E-state index is 0.201. The van der Waals surface area contributed by atoms with Gasteiger partial charge in [-0.3, -0.25) is 9.78 Å². The predicted octanol–water partition coefficient (Wildman–Crippen LogP) is 6.20. The monoisotopic (exact) mass is 521 g/mol. The molecule has 3 aromatic carbocycles. The first-order chi connectivity index (χ1) is 18.8. The molecule has 8 heteroatoms. The maximum absolute atomic E-state index is 11.9. The Hall–Kier alpha value is -4.85. The number of aromatic nitrogens is 3. The fourth-order valence-electron chi connectivity index (χ4n) is 4.55.